The summed E-state index contributed by atoms with van der Waals surface area (Å²) in [5.41, 5.74) is 1.91. The molecule has 2 fully saturated rings. The predicted octanol–water partition coefficient (Wildman–Crippen LogP) is 3.30. The van der Waals surface area contributed by atoms with Crippen LogP contribution in [0.1, 0.15) is 18.5 Å². The lowest BCUT2D eigenvalue weighted by Gasteiger charge is -2.33. The number of benzene rings is 1. The Balaban J connectivity index is 1.34. The average molecular weight is 467 g/mol. The van der Waals surface area contributed by atoms with Gasteiger partial charge in [0.25, 0.3) is 0 Å². The van der Waals surface area contributed by atoms with Crippen molar-refractivity contribution >= 4 is 34.9 Å². The lowest BCUT2D eigenvalue weighted by atomic mass is 10.3. The molecule has 2 aromatic heterocycles. The summed E-state index contributed by atoms with van der Waals surface area (Å²) in [4.78, 5) is 15.3. The average Bonchev–Trinajstić information content (AvgIpc) is 3.58. The second kappa shape index (κ2) is 9.58. The highest BCUT2D eigenvalue weighted by atomic mass is 32.2. The number of H-pyrrole nitrogens is 1. The summed E-state index contributed by atoms with van der Waals surface area (Å²) < 4.78 is 0. The third kappa shape index (κ3) is 5.76. The monoisotopic (exact) mass is 466 g/mol. The molecule has 1 saturated heterocycles. The highest BCUT2D eigenvalue weighted by molar-refractivity contribution is 7.99. The first-order valence-electron chi connectivity index (χ1n) is 11.4. The number of aromatic nitrogens is 4. The van der Waals surface area contributed by atoms with E-state index in [0.29, 0.717) is 11.1 Å². The zero-order valence-electron chi connectivity index (χ0n) is 19.0. The molecule has 5 rings (SSSR count). The molecule has 3 heterocycles. The maximum atomic E-state index is 10.1. The Hall–Kier alpha value is -2.82. The van der Waals surface area contributed by atoms with E-state index in [9.17, 15) is 5.11 Å². The minimum Gasteiger partial charge on any atom is -0.374 e. The van der Waals surface area contributed by atoms with Crippen LogP contribution in [0.25, 0.3) is 0 Å². The van der Waals surface area contributed by atoms with Crippen LogP contribution in [0, 0.1) is 12.8 Å². The van der Waals surface area contributed by atoms with Crippen LogP contribution in [0.2, 0.25) is 0 Å². The van der Waals surface area contributed by atoms with Crippen LogP contribution >= 0.6 is 11.8 Å². The van der Waals surface area contributed by atoms with Crippen molar-refractivity contribution in [3.05, 3.63) is 42.1 Å². The molecule has 1 saturated carbocycles. The van der Waals surface area contributed by atoms with Crippen LogP contribution in [-0.4, -0.2) is 69.6 Å². The number of aliphatic hydroxyl groups excluding tert-OH is 1. The minimum absolute atomic E-state index is 0.383. The molecule has 1 aliphatic carbocycles. The normalized spacial score (nSPS) is 17.7. The van der Waals surface area contributed by atoms with Crippen molar-refractivity contribution in [2.45, 2.75) is 36.0 Å². The number of nitrogens with zero attached hydrogens (tertiary/aromatic N) is 5. The van der Waals surface area contributed by atoms with Crippen LogP contribution in [0.3, 0.4) is 0 Å². The van der Waals surface area contributed by atoms with E-state index in [1.807, 2.05) is 43.3 Å². The van der Waals surface area contributed by atoms with Crippen LogP contribution in [-0.2, 0) is 0 Å². The van der Waals surface area contributed by atoms with Gasteiger partial charge in [0.05, 0.1) is 0 Å². The van der Waals surface area contributed by atoms with Gasteiger partial charge in [-0.25, -0.2) is 9.97 Å². The number of aliphatic hydroxyl groups is 1. The first-order valence-corrected chi connectivity index (χ1v) is 12.2. The summed E-state index contributed by atoms with van der Waals surface area (Å²) >= 11 is 1.52. The molecule has 0 amide bonds. The van der Waals surface area contributed by atoms with Gasteiger partial charge in [-0.1, -0.05) is 0 Å². The Kier molecular flexibility index (Phi) is 6.39. The van der Waals surface area contributed by atoms with Crippen molar-refractivity contribution in [2.24, 2.45) is 5.92 Å². The fourth-order valence-corrected chi connectivity index (χ4v) is 4.52. The standard InChI is InChI=1S/C23H30N8OS/c1-15-13-20(29-28-15)25-19-14-21(31-11-9-30(2)10-12-31)27-23(26-19)33-18-7-5-17(6-8-18)24-22(32)16-3-4-16/h5-8,13-14,16,22,24,32H,3-4,9-12H2,1-2H3,(H2,25,26,27,28,29). The highest BCUT2D eigenvalue weighted by Crippen LogP contribution is 2.34. The van der Waals surface area contributed by atoms with E-state index >= 15 is 0 Å². The fourth-order valence-electron chi connectivity index (χ4n) is 3.76. The molecule has 1 aromatic carbocycles. The van der Waals surface area contributed by atoms with Gasteiger partial charge in [-0.05, 0) is 62.8 Å². The maximum absolute atomic E-state index is 10.1. The summed E-state index contributed by atoms with van der Waals surface area (Å²) in [5, 5.41) is 24.5. The molecule has 1 aliphatic heterocycles. The van der Waals surface area contributed by atoms with Gasteiger partial charge < -0.3 is 25.5 Å². The van der Waals surface area contributed by atoms with Gasteiger partial charge >= 0.3 is 0 Å². The zero-order chi connectivity index (χ0) is 22.8. The Labute approximate surface area is 198 Å². The van der Waals surface area contributed by atoms with E-state index in [1.54, 1.807) is 0 Å². The number of piperazine rings is 1. The van der Waals surface area contributed by atoms with E-state index in [-0.39, 0.29) is 0 Å². The molecule has 1 atom stereocenters. The summed E-state index contributed by atoms with van der Waals surface area (Å²) in [5.74, 6) is 2.75. The number of hydrogen-bond acceptors (Lipinski definition) is 9. The van der Waals surface area contributed by atoms with Crippen molar-refractivity contribution in [1.82, 2.24) is 25.1 Å². The SMILES string of the molecule is Cc1cc(Nc2cc(N3CCN(C)CC3)nc(Sc3ccc(NC(O)C4CC4)cc3)n2)n[nH]1. The van der Waals surface area contributed by atoms with Crippen molar-refractivity contribution in [3.63, 3.8) is 0 Å². The molecule has 3 aromatic rings. The topological polar surface area (TPSA) is 105 Å². The summed E-state index contributed by atoms with van der Waals surface area (Å²) in [6.07, 6.45) is 1.72. The lowest BCUT2D eigenvalue weighted by Crippen LogP contribution is -2.44. The fraction of sp³-hybridized carbons (Fsp3) is 0.435. The molecule has 33 heavy (non-hydrogen) atoms. The minimum atomic E-state index is -0.466. The van der Waals surface area contributed by atoms with Gasteiger partial charge in [0.1, 0.15) is 17.9 Å². The van der Waals surface area contributed by atoms with Crippen LogP contribution in [0.4, 0.5) is 23.1 Å². The quantitative estimate of drug-likeness (QED) is 0.294. The molecule has 4 N–H and O–H groups in total. The molecule has 174 valence electrons. The van der Waals surface area contributed by atoms with Gasteiger partial charge in [-0.3, -0.25) is 5.10 Å². The molecule has 9 nitrogen and oxygen atoms in total. The number of rotatable bonds is 8. The molecule has 10 heteroatoms. The number of aryl methyl sites for hydroxylation is 1. The number of hydrogen-bond donors (Lipinski definition) is 4. The van der Waals surface area contributed by atoms with Crippen molar-refractivity contribution < 1.29 is 5.11 Å². The van der Waals surface area contributed by atoms with Crippen molar-refractivity contribution in [3.8, 4) is 0 Å². The predicted molar refractivity (Wildman–Crippen MR) is 131 cm³/mol. The molecule has 0 spiro atoms. The smallest absolute Gasteiger partial charge is 0.196 e. The maximum Gasteiger partial charge on any atom is 0.196 e. The van der Waals surface area contributed by atoms with E-state index in [2.05, 4.69) is 37.7 Å². The first kappa shape index (κ1) is 22.0. The van der Waals surface area contributed by atoms with E-state index in [0.717, 1.165) is 72.8 Å². The molecule has 0 radical (unpaired) electrons. The lowest BCUT2D eigenvalue weighted by molar-refractivity contribution is 0.180. The number of anilines is 4. The van der Waals surface area contributed by atoms with E-state index in [1.165, 1.54) is 11.8 Å². The molecule has 0 bridgehead atoms. The number of nitrogens with one attached hydrogen (secondary N) is 3. The summed E-state index contributed by atoms with van der Waals surface area (Å²) in [6, 6.07) is 12.0. The van der Waals surface area contributed by atoms with Crippen LogP contribution in [0.15, 0.2) is 46.5 Å². The Bertz CT molecular complexity index is 1080. The van der Waals surface area contributed by atoms with Crippen molar-refractivity contribution in [1.29, 1.82) is 0 Å². The number of aromatic amines is 1. The molecule has 2 aliphatic rings. The summed E-state index contributed by atoms with van der Waals surface area (Å²) in [7, 11) is 2.15. The second-order valence-corrected chi connectivity index (χ2v) is 9.84. The van der Waals surface area contributed by atoms with Gasteiger partial charge in [0.15, 0.2) is 11.0 Å². The third-order valence-electron chi connectivity index (χ3n) is 5.93. The van der Waals surface area contributed by atoms with Gasteiger partial charge in [-0.15, -0.1) is 0 Å². The zero-order valence-corrected chi connectivity index (χ0v) is 19.8. The van der Waals surface area contributed by atoms with Crippen molar-refractivity contribution in [2.75, 3.05) is 48.8 Å². The van der Waals surface area contributed by atoms with E-state index in [4.69, 9.17) is 9.97 Å². The van der Waals surface area contributed by atoms with Gasteiger partial charge in [0.2, 0.25) is 0 Å². The third-order valence-corrected chi connectivity index (χ3v) is 6.80. The highest BCUT2D eigenvalue weighted by Gasteiger charge is 2.29. The first-order chi connectivity index (χ1) is 16.0. The largest absolute Gasteiger partial charge is 0.374 e. The second-order valence-electron chi connectivity index (χ2n) is 8.80. The summed E-state index contributed by atoms with van der Waals surface area (Å²) in [6.45, 7) is 5.85. The molecular weight excluding hydrogens is 436 g/mol. The van der Waals surface area contributed by atoms with Gasteiger partial charge in [0, 0.05) is 60.5 Å². The molecular formula is C23H30N8OS. The van der Waals surface area contributed by atoms with Gasteiger partial charge in [-0.2, -0.15) is 5.10 Å². The Morgan fingerprint density at radius 2 is 1.82 bits per heavy atom. The van der Waals surface area contributed by atoms with Crippen LogP contribution < -0.4 is 15.5 Å². The van der Waals surface area contributed by atoms with Crippen LogP contribution in [0.5, 0.6) is 0 Å². The Morgan fingerprint density at radius 3 is 2.48 bits per heavy atom. The molecule has 1 unspecified atom stereocenters. The van der Waals surface area contributed by atoms with E-state index < -0.39 is 6.23 Å². The number of likely N-dealkylation sites (N-methyl/N-ethyl adjacent to an activating group) is 1. The Morgan fingerprint density at radius 1 is 1.06 bits per heavy atom.